The monoisotopic (exact) mass is 283 g/mol. The van der Waals surface area contributed by atoms with Crippen LogP contribution in [-0.2, 0) is 6.54 Å². The SMILES string of the molecule is Nc1cc(NCc2sccc2Br)ccn1. The average Bonchev–Trinajstić information content (AvgIpc) is 2.61. The molecule has 0 fully saturated rings. The highest BCUT2D eigenvalue weighted by Crippen LogP contribution is 2.23. The third-order valence-corrected chi connectivity index (χ3v) is 3.85. The molecule has 0 saturated carbocycles. The molecule has 0 aliphatic heterocycles. The summed E-state index contributed by atoms with van der Waals surface area (Å²) in [7, 11) is 0. The van der Waals surface area contributed by atoms with Gasteiger partial charge in [-0.3, -0.25) is 0 Å². The topological polar surface area (TPSA) is 50.9 Å². The molecule has 2 aromatic rings. The van der Waals surface area contributed by atoms with Crippen molar-refractivity contribution in [3.8, 4) is 0 Å². The van der Waals surface area contributed by atoms with Crippen LogP contribution < -0.4 is 11.1 Å². The van der Waals surface area contributed by atoms with Gasteiger partial charge in [0, 0.05) is 27.3 Å². The molecule has 0 aliphatic carbocycles. The summed E-state index contributed by atoms with van der Waals surface area (Å²) in [6.45, 7) is 0.793. The van der Waals surface area contributed by atoms with E-state index in [0.29, 0.717) is 5.82 Å². The van der Waals surface area contributed by atoms with Gasteiger partial charge in [-0.15, -0.1) is 11.3 Å². The van der Waals surface area contributed by atoms with Crippen LogP contribution in [0, 0.1) is 0 Å². The van der Waals surface area contributed by atoms with Crippen LogP contribution >= 0.6 is 27.3 Å². The van der Waals surface area contributed by atoms with E-state index in [0.717, 1.165) is 16.7 Å². The minimum Gasteiger partial charge on any atom is -0.384 e. The quantitative estimate of drug-likeness (QED) is 0.910. The smallest absolute Gasteiger partial charge is 0.125 e. The largest absolute Gasteiger partial charge is 0.384 e. The molecule has 2 heterocycles. The predicted molar refractivity (Wildman–Crippen MR) is 68.0 cm³/mol. The number of nitrogens with one attached hydrogen (secondary N) is 1. The van der Waals surface area contributed by atoms with E-state index < -0.39 is 0 Å². The zero-order valence-corrected chi connectivity index (χ0v) is 10.3. The van der Waals surface area contributed by atoms with Gasteiger partial charge in [0.15, 0.2) is 0 Å². The Morgan fingerprint density at radius 2 is 2.33 bits per heavy atom. The first-order chi connectivity index (χ1) is 7.25. The number of hydrogen-bond donors (Lipinski definition) is 2. The van der Waals surface area contributed by atoms with Crippen molar-refractivity contribution in [1.29, 1.82) is 0 Å². The fourth-order valence-corrected chi connectivity index (χ4v) is 2.62. The highest BCUT2D eigenvalue weighted by Gasteiger charge is 2.00. The minimum absolute atomic E-state index is 0.533. The van der Waals surface area contributed by atoms with E-state index in [-0.39, 0.29) is 0 Å². The third kappa shape index (κ3) is 2.70. The molecule has 2 rings (SSSR count). The highest BCUT2D eigenvalue weighted by atomic mass is 79.9. The van der Waals surface area contributed by atoms with Crippen LogP contribution in [0.25, 0.3) is 0 Å². The zero-order valence-electron chi connectivity index (χ0n) is 7.90. The van der Waals surface area contributed by atoms with Crippen LogP contribution in [0.15, 0.2) is 34.2 Å². The number of anilines is 2. The lowest BCUT2D eigenvalue weighted by Gasteiger charge is -2.05. The molecule has 0 aromatic carbocycles. The van der Waals surface area contributed by atoms with Crippen LogP contribution in [0.3, 0.4) is 0 Å². The molecule has 2 aromatic heterocycles. The standard InChI is InChI=1S/C10H10BrN3S/c11-8-2-4-15-9(8)6-14-7-1-3-13-10(12)5-7/h1-5H,6H2,(H3,12,13,14). The summed E-state index contributed by atoms with van der Waals surface area (Å²) >= 11 is 5.20. The molecule has 5 heteroatoms. The summed E-state index contributed by atoms with van der Waals surface area (Å²) < 4.78 is 1.14. The van der Waals surface area contributed by atoms with E-state index in [1.807, 2.05) is 18.2 Å². The Morgan fingerprint density at radius 1 is 1.47 bits per heavy atom. The highest BCUT2D eigenvalue weighted by molar-refractivity contribution is 9.10. The maximum Gasteiger partial charge on any atom is 0.125 e. The minimum atomic E-state index is 0.533. The molecule has 0 saturated heterocycles. The van der Waals surface area contributed by atoms with Crippen molar-refractivity contribution in [3.63, 3.8) is 0 Å². The van der Waals surface area contributed by atoms with E-state index >= 15 is 0 Å². The molecule has 0 aliphatic rings. The Morgan fingerprint density at radius 3 is 3.00 bits per heavy atom. The lowest BCUT2D eigenvalue weighted by molar-refractivity contribution is 1.17. The van der Waals surface area contributed by atoms with Crippen LogP contribution in [-0.4, -0.2) is 4.98 Å². The molecule has 3 N–H and O–H groups in total. The van der Waals surface area contributed by atoms with Crippen molar-refractivity contribution in [2.45, 2.75) is 6.54 Å². The number of aromatic nitrogens is 1. The second kappa shape index (κ2) is 4.63. The van der Waals surface area contributed by atoms with Crippen molar-refractivity contribution in [2.75, 3.05) is 11.1 Å². The van der Waals surface area contributed by atoms with Gasteiger partial charge in [-0.05, 0) is 33.4 Å². The molecular weight excluding hydrogens is 274 g/mol. The van der Waals surface area contributed by atoms with Crippen LogP contribution in [0.2, 0.25) is 0 Å². The van der Waals surface area contributed by atoms with Crippen molar-refractivity contribution < 1.29 is 0 Å². The van der Waals surface area contributed by atoms with Gasteiger partial charge in [-0.2, -0.15) is 0 Å². The Bertz CT molecular complexity index is 455. The van der Waals surface area contributed by atoms with Crippen LogP contribution in [0.5, 0.6) is 0 Å². The number of pyridine rings is 1. The van der Waals surface area contributed by atoms with Crippen molar-refractivity contribution in [2.24, 2.45) is 0 Å². The Hall–Kier alpha value is -1.07. The fourth-order valence-electron chi connectivity index (χ4n) is 1.19. The van der Waals surface area contributed by atoms with E-state index in [4.69, 9.17) is 5.73 Å². The van der Waals surface area contributed by atoms with E-state index in [1.165, 1.54) is 4.88 Å². The summed E-state index contributed by atoms with van der Waals surface area (Å²) in [5, 5.41) is 5.35. The second-order valence-corrected chi connectivity index (χ2v) is 4.87. The normalized spacial score (nSPS) is 10.2. The second-order valence-electron chi connectivity index (χ2n) is 3.01. The number of nitrogens with zero attached hydrogens (tertiary/aromatic N) is 1. The maximum atomic E-state index is 5.58. The fraction of sp³-hybridized carbons (Fsp3) is 0.100. The van der Waals surface area contributed by atoms with Gasteiger partial charge in [0.1, 0.15) is 5.82 Å². The number of halogens is 1. The zero-order chi connectivity index (χ0) is 10.7. The average molecular weight is 284 g/mol. The summed E-state index contributed by atoms with van der Waals surface area (Å²) in [6, 6.07) is 5.77. The Labute approximate surface area is 100 Å². The number of rotatable bonds is 3. The van der Waals surface area contributed by atoms with Gasteiger partial charge in [0.25, 0.3) is 0 Å². The van der Waals surface area contributed by atoms with Crippen molar-refractivity contribution >= 4 is 38.8 Å². The first kappa shape index (κ1) is 10.4. The van der Waals surface area contributed by atoms with Crippen LogP contribution in [0.1, 0.15) is 4.88 Å². The van der Waals surface area contributed by atoms with Crippen LogP contribution in [0.4, 0.5) is 11.5 Å². The molecule has 78 valence electrons. The van der Waals surface area contributed by atoms with E-state index in [1.54, 1.807) is 17.5 Å². The number of hydrogen-bond acceptors (Lipinski definition) is 4. The van der Waals surface area contributed by atoms with Gasteiger partial charge in [-0.1, -0.05) is 0 Å². The van der Waals surface area contributed by atoms with Gasteiger partial charge in [0.05, 0.1) is 6.54 Å². The first-order valence-corrected chi connectivity index (χ1v) is 6.10. The molecule has 3 nitrogen and oxygen atoms in total. The summed E-state index contributed by atoms with van der Waals surface area (Å²) in [6.07, 6.45) is 1.70. The molecule has 0 bridgehead atoms. The van der Waals surface area contributed by atoms with Crippen molar-refractivity contribution in [1.82, 2.24) is 4.98 Å². The lowest BCUT2D eigenvalue weighted by atomic mass is 10.3. The molecule has 0 amide bonds. The van der Waals surface area contributed by atoms with Gasteiger partial charge >= 0.3 is 0 Å². The van der Waals surface area contributed by atoms with Gasteiger partial charge in [-0.25, -0.2) is 4.98 Å². The maximum absolute atomic E-state index is 5.58. The molecule has 15 heavy (non-hydrogen) atoms. The molecule has 0 radical (unpaired) electrons. The summed E-state index contributed by atoms with van der Waals surface area (Å²) in [5.41, 5.74) is 6.57. The van der Waals surface area contributed by atoms with Gasteiger partial charge < -0.3 is 11.1 Å². The van der Waals surface area contributed by atoms with Gasteiger partial charge in [0.2, 0.25) is 0 Å². The third-order valence-electron chi connectivity index (χ3n) is 1.93. The molecule has 0 atom stereocenters. The number of nitrogens with two attached hydrogens (primary N) is 1. The number of thiophene rings is 1. The Kier molecular flexibility index (Phi) is 3.23. The first-order valence-electron chi connectivity index (χ1n) is 4.43. The molecular formula is C10H10BrN3S. The van der Waals surface area contributed by atoms with Crippen molar-refractivity contribution in [3.05, 3.63) is 39.1 Å². The Balaban J connectivity index is 2.02. The summed E-state index contributed by atoms with van der Waals surface area (Å²) in [5.74, 6) is 0.533. The summed E-state index contributed by atoms with van der Waals surface area (Å²) in [4.78, 5) is 5.20. The lowest BCUT2D eigenvalue weighted by Crippen LogP contribution is -1.99. The number of nitrogen functional groups attached to an aromatic ring is 1. The van der Waals surface area contributed by atoms with E-state index in [9.17, 15) is 0 Å². The van der Waals surface area contributed by atoms with E-state index in [2.05, 4.69) is 31.6 Å². The predicted octanol–water partition coefficient (Wildman–Crippen LogP) is 3.10. The molecule has 0 unspecified atom stereocenters. The molecule has 0 spiro atoms.